The Morgan fingerprint density at radius 1 is 1.17 bits per heavy atom. The molecule has 0 saturated carbocycles. The van der Waals surface area contributed by atoms with Gasteiger partial charge >= 0.3 is 6.03 Å². The summed E-state index contributed by atoms with van der Waals surface area (Å²) >= 11 is 0. The highest BCUT2D eigenvalue weighted by Gasteiger charge is 2.20. The van der Waals surface area contributed by atoms with Gasteiger partial charge in [0.15, 0.2) is 0 Å². The highest BCUT2D eigenvalue weighted by Crippen LogP contribution is 2.36. The normalized spacial score (nSPS) is 10.8. The maximum absolute atomic E-state index is 11.8. The molecule has 30 heavy (non-hydrogen) atoms. The van der Waals surface area contributed by atoms with Crippen molar-refractivity contribution in [3.8, 4) is 23.1 Å². The lowest BCUT2D eigenvalue weighted by atomic mass is 10.1. The molecule has 1 aromatic heterocycles. The Kier molecular flexibility index (Phi) is 6.63. The summed E-state index contributed by atoms with van der Waals surface area (Å²) in [6, 6.07) is 15.6. The first-order valence-electron chi connectivity index (χ1n) is 10.3. The summed E-state index contributed by atoms with van der Waals surface area (Å²) in [6.07, 6.45) is 0. The molecule has 6 nitrogen and oxygen atoms in total. The first-order valence-corrected chi connectivity index (χ1v) is 10.3. The van der Waals surface area contributed by atoms with Gasteiger partial charge in [0, 0.05) is 30.2 Å². The van der Waals surface area contributed by atoms with Crippen LogP contribution in [0.1, 0.15) is 33.3 Å². The van der Waals surface area contributed by atoms with Crippen molar-refractivity contribution in [2.24, 2.45) is 5.92 Å². The van der Waals surface area contributed by atoms with E-state index in [1.54, 1.807) is 0 Å². The van der Waals surface area contributed by atoms with Crippen LogP contribution in [0.25, 0.3) is 22.2 Å². The Bertz CT molecular complexity index is 1080. The van der Waals surface area contributed by atoms with Gasteiger partial charge in [0.1, 0.15) is 11.8 Å². The number of nitriles is 1. The number of nitrogens with one attached hydrogen (secondary N) is 2. The van der Waals surface area contributed by atoms with E-state index in [1.165, 1.54) is 0 Å². The van der Waals surface area contributed by atoms with Gasteiger partial charge in [-0.05, 0) is 49.6 Å². The number of urea groups is 1. The van der Waals surface area contributed by atoms with Crippen LogP contribution in [0.4, 0.5) is 10.5 Å². The van der Waals surface area contributed by atoms with Crippen molar-refractivity contribution in [1.29, 1.82) is 5.26 Å². The van der Waals surface area contributed by atoms with Crippen molar-refractivity contribution in [2.45, 2.75) is 34.2 Å². The zero-order valence-electron chi connectivity index (χ0n) is 18.0. The molecule has 6 heteroatoms. The number of hydrogen-bond acceptors (Lipinski definition) is 3. The number of ether oxygens (including phenoxy) is 1. The van der Waals surface area contributed by atoms with Crippen LogP contribution in [0.5, 0.6) is 5.75 Å². The van der Waals surface area contributed by atoms with Crippen LogP contribution in [0, 0.1) is 17.2 Å². The van der Waals surface area contributed by atoms with Crippen molar-refractivity contribution in [1.82, 2.24) is 9.88 Å². The largest absolute Gasteiger partial charge is 0.494 e. The SMILES string of the molecule is CCNC(=O)Nc1ccc(-c2c(C#N)c3ccc(OCC)cc3n2CC(C)C)cc1. The summed E-state index contributed by atoms with van der Waals surface area (Å²) in [4.78, 5) is 11.8. The molecule has 1 heterocycles. The van der Waals surface area contributed by atoms with E-state index in [-0.39, 0.29) is 6.03 Å². The lowest BCUT2D eigenvalue weighted by Gasteiger charge is -2.15. The molecule has 2 amide bonds. The van der Waals surface area contributed by atoms with Crippen LogP contribution in [0.15, 0.2) is 42.5 Å². The smallest absolute Gasteiger partial charge is 0.319 e. The highest BCUT2D eigenvalue weighted by atomic mass is 16.5. The minimum absolute atomic E-state index is 0.236. The summed E-state index contributed by atoms with van der Waals surface area (Å²) < 4.78 is 7.89. The van der Waals surface area contributed by atoms with Crippen molar-refractivity contribution >= 4 is 22.6 Å². The number of fused-ring (bicyclic) bond motifs is 1. The number of rotatable bonds is 7. The maximum Gasteiger partial charge on any atom is 0.319 e. The summed E-state index contributed by atoms with van der Waals surface area (Å²) in [5.41, 5.74) is 4.17. The number of amides is 2. The summed E-state index contributed by atoms with van der Waals surface area (Å²) in [5.74, 6) is 1.20. The topological polar surface area (TPSA) is 79.1 Å². The summed E-state index contributed by atoms with van der Waals surface area (Å²) in [7, 11) is 0. The minimum atomic E-state index is -0.236. The number of nitrogens with zero attached hydrogens (tertiary/aromatic N) is 2. The monoisotopic (exact) mass is 404 g/mol. The molecule has 0 fully saturated rings. The Morgan fingerprint density at radius 3 is 2.50 bits per heavy atom. The second-order valence-corrected chi connectivity index (χ2v) is 7.51. The fourth-order valence-corrected chi connectivity index (χ4v) is 3.60. The molecule has 0 bridgehead atoms. The molecule has 156 valence electrons. The highest BCUT2D eigenvalue weighted by molar-refractivity contribution is 5.96. The molecule has 0 aliphatic rings. The fourth-order valence-electron chi connectivity index (χ4n) is 3.60. The van der Waals surface area contributed by atoms with Crippen molar-refractivity contribution < 1.29 is 9.53 Å². The molecule has 2 aromatic carbocycles. The third kappa shape index (κ3) is 4.41. The van der Waals surface area contributed by atoms with Crippen molar-refractivity contribution in [2.75, 3.05) is 18.5 Å². The van der Waals surface area contributed by atoms with Crippen LogP contribution >= 0.6 is 0 Å². The first-order chi connectivity index (χ1) is 14.5. The molecule has 3 aromatic rings. The molecular weight excluding hydrogens is 376 g/mol. The molecular formula is C24H28N4O2. The molecule has 0 aliphatic carbocycles. The van der Waals surface area contributed by atoms with Crippen molar-refractivity contribution in [3.05, 3.63) is 48.0 Å². The van der Waals surface area contributed by atoms with Gasteiger partial charge in [-0.3, -0.25) is 0 Å². The van der Waals surface area contributed by atoms with Gasteiger partial charge in [0.2, 0.25) is 0 Å². The summed E-state index contributed by atoms with van der Waals surface area (Å²) in [6.45, 7) is 10.1. The van der Waals surface area contributed by atoms with E-state index < -0.39 is 0 Å². The first kappa shape index (κ1) is 21.3. The average molecular weight is 405 g/mol. The number of hydrogen-bond donors (Lipinski definition) is 2. The van der Waals surface area contributed by atoms with Gasteiger partial charge in [-0.2, -0.15) is 5.26 Å². The lowest BCUT2D eigenvalue weighted by molar-refractivity contribution is 0.252. The minimum Gasteiger partial charge on any atom is -0.494 e. The predicted molar refractivity (Wildman–Crippen MR) is 121 cm³/mol. The second kappa shape index (κ2) is 9.36. The van der Waals surface area contributed by atoms with Crippen LogP contribution in [-0.2, 0) is 6.54 Å². The van der Waals surface area contributed by atoms with Crippen LogP contribution in [0.3, 0.4) is 0 Å². The molecule has 0 unspecified atom stereocenters. The Hall–Kier alpha value is -3.46. The summed E-state index contributed by atoms with van der Waals surface area (Å²) in [5, 5.41) is 16.4. The van der Waals surface area contributed by atoms with Crippen LogP contribution in [-0.4, -0.2) is 23.7 Å². The van der Waals surface area contributed by atoms with Crippen LogP contribution < -0.4 is 15.4 Å². The zero-order valence-corrected chi connectivity index (χ0v) is 18.0. The van der Waals surface area contributed by atoms with Gasteiger partial charge in [-0.1, -0.05) is 26.0 Å². The second-order valence-electron chi connectivity index (χ2n) is 7.51. The molecule has 3 rings (SSSR count). The number of anilines is 1. The van der Waals surface area contributed by atoms with Gasteiger partial charge in [-0.25, -0.2) is 4.79 Å². The average Bonchev–Trinajstić information content (AvgIpc) is 3.01. The molecule has 0 atom stereocenters. The van der Waals surface area contributed by atoms with E-state index in [2.05, 4.69) is 35.1 Å². The maximum atomic E-state index is 11.8. The number of aromatic nitrogens is 1. The zero-order chi connectivity index (χ0) is 21.7. The Morgan fingerprint density at radius 2 is 1.90 bits per heavy atom. The van der Waals surface area contributed by atoms with E-state index >= 15 is 0 Å². The van der Waals surface area contributed by atoms with Gasteiger partial charge < -0.3 is 19.9 Å². The van der Waals surface area contributed by atoms with Gasteiger partial charge in [0.05, 0.1) is 23.4 Å². The number of carbonyl (C=O) groups is 1. The third-order valence-electron chi connectivity index (χ3n) is 4.76. The van der Waals surface area contributed by atoms with Gasteiger partial charge in [0.25, 0.3) is 0 Å². The van der Waals surface area contributed by atoms with E-state index in [0.29, 0.717) is 30.3 Å². The Balaban J connectivity index is 2.11. The van der Waals surface area contributed by atoms with E-state index in [9.17, 15) is 10.1 Å². The molecule has 2 N–H and O–H groups in total. The molecule has 0 aliphatic heterocycles. The number of benzene rings is 2. The van der Waals surface area contributed by atoms with Crippen molar-refractivity contribution in [3.63, 3.8) is 0 Å². The molecule has 0 radical (unpaired) electrons. The standard InChI is InChI=1S/C24H28N4O2/c1-5-26-24(29)27-18-9-7-17(8-10-18)23-21(14-25)20-12-11-19(30-6-2)13-22(20)28(23)15-16(3)4/h7-13,16H,5-6,15H2,1-4H3,(H2,26,27,29). The van der Waals surface area contributed by atoms with Crippen LogP contribution in [0.2, 0.25) is 0 Å². The predicted octanol–water partition coefficient (Wildman–Crippen LogP) is 5.38. The van der Waals surface area contributed by atoms with Gasteiger partial charge in [-0.15, -0.1) is 0 Å². The molecule has 0 spiro atoms. The number of carbonyl (C=O) groups excluding carboxylic acids is 1. The Labute approximate surface area is 177 Å². The van der Waals surface area contributed by atoms with E-state index in [1.807, 2.05) is 56.3 Å². The lowest BCUT2D eigenvalue weighted by Crippen LogP contribution is -2.28. The van der Waals surface area contributed by atoms with E-state index in [0.717, 1.165) is 34.5 Å². The quantitative estimate of drug-likeness (QED) is 0.555. The fraction of sp³-hybridized carbons (Fsp3) is 0.333. The van der Waals surface area contributed by atoms with E-state index in [4.69, 9.17) is 4.74 Å². The third-order valence-corrected chi connectivity index (χ3v) is 4.76. The molecule has 0 saturated heterocycles.